The van der Waals surface area contributed by atoms with Crippen LogP contribution in [0.5, 0.6) is 0 Å². The van der Waals surface area contributed by atoms with Crippen LogP contribution in [0.25, 0.3) is 5.65 Å². The minimum Gasteiger partial charge on any atom is -0.319 e. The molecule has 0 unspecified atom stereocenters. The molecule has 5 rings (SSSR count). The van der Waals surface area contributed by atoms with Crippen LogP contribution >= 0.6 is 11.6 Å². The van der Waals surface area contributed by atoms with Gasteiger partial charge in [0.1, 0.15) is 5.15 Å². The predicted molar refractivity (Wildman–Crippen MR) is 96.5 cm³/mol. The van der Waals surface area contributed by atoms with Crippen LogP contribution < -0.4 is 5.43 Å². The summed E-state index contributed by atoms with van der Waals surface area (Å²) in [6, 6.07) is 0.876. The van der Waals surface area contributed by atoms with Crippen molar-refractivity contribution in [3.05, 3.63) is 34.2 Å². The summed E-state index contributed by atoms with van der Waals surface area (Å²) in [5, 5.41) is 0.862. The van der Waals surface area contributed by atoms with Crippen molar-refractivity contribution in [3.8, 4) is 0 Å². The molecular formula is C18H17ClF3N5O2. The highest BCUT2D eigenvalue weighted by atomic mass is 35.5. The summed E-state index contributed by atoms with van der Waals surface area (Å²) in [6.45, 7) is 0.553. The first-order chi connectivity index (χ1) is 13.7. The number of nitrogens with one attached hydrogen (secondary N) is 1. The Morgan fingerprint density at radius 2 is 1.93 bits per heavy atom. The van der Waals surface area contributed by atoms with E-state index in [2.05, 4.69) is 10.4 Å². The number of imidazole rings is 1. The van der Waals surface area contributed by atoms with Crippen LogP contribution in [0, 0.1) is 0 Å². The molecule has 1 N–H and O–H groups in total. The Bertz CT molecular complexity index is 1030. The van der Waals surface area contributed by atoms with Crippen molar-refractivity contribution in [2.75, 3.05) is 13.1 Å². The number of amides is 3. The molecule has 154 valence electrons. The average Bonchev–Trinajstić information content (AvgIpc) is 3.57. The summed E-state index contributed by atoms with van der Waals surface area (Å²) in [5.74, 6) is -0.670. The Hall–Kier alpha value is -2.49. The molecule has 2 aromatic heterocycles. The molecule has 7 nitrogen and oxygen atoms in total. The fourth-order valence-electron chi connectivity index (χ4n) is 3.68. The van der Waals surface area contributed by atoms with E-state index in [0.29, 0.717) is 12.1 Å². The van der Waals surface area contributed by atoms with E-state index in [4.69, 9.17) is 11.6 Å². The number of hydrazine groups is 1. The third-order valence-corrected chi connectivity index (χ3v) is 5.89. The number of halogens is 4. The van der Waals surface area contributed by atoms with E-state index in [9.17, 15) is 22.8 Å². The van der Waals surface area contributed by atoms with Gasteiger partial charge in [0.15, 0.2) is 11.3 Å². The van der Waals surface area contributed by atoms with Crippen LogP contribution in [0.4, 0.5) is 18.0 Å². The maximum Gasteiger partial charge on any atom is 0.419 e. The van der Waals surface area contributed by atoms with Gasteiger partial charge in [0, 0.05) is 18.8 Å². The van der Waals surface area contributed by atoms with Gasteiger partial charge in [-0.2, -0.15) is 13.2 Å². The number of aromatic nitrogens is 2. The number of carbonyl (C=O) groups excluding carboxylic acids is 2. The van der Waals surface area contributed by atoms with Crippen LogP contribution in [0.3, 0.4) is 0 Å². The third-order valence-electron chi connectivity index (χ3n) is 5.53. The summed E-state index contributed by atoms with van der Waals surface area (Å²) in [5.41, 5.74) is 1.35. The Balaban J connectivity index is 1.51. The highest BCUT2D eigenvalue weighted by Crippen LogP contribution is 2.43. The predicted octanol–water partition coefficient (Wildman–Crippen LogP) is 3.43. The summed E-state index contributed by atoms with van der Waals surface area (Å²) < 4.78 is 41.9. The lowest BCUT2D eigenvalue weighted by molar-refractivity contribution is -0.136. The fraction of sp³-hybridized carbons (Fsp3) is 0.500. The molecule has 11 heteroatoms. The van der Waals surface area contributed by atoms with Crippen molar-refractivity contribution in [2.24, 2.45) is 0 Å². The number of pyridine rings is 1. The van der Waals surface area contributed by atoms with Gasteiger partial charge in [0.25, 0.3) is 5.91 Å². The number of urea groups is 1. The Kier molecular flexibility index (Phi) is 4.00. The molecule has 3 aliphatic rings. The first-order valence-electron chi connectivity index (χ1n) is 9.42. The number of alkyl halides is 3. The molecule has 2 saturated carbocycles. The molecule has 3 heterocycles. The van der Waals surface area contributed by atoms with Gasteiger partial charge in [-0.05, 0) is 43.2 Å². The van der Waals surface area contributed by atoms with Crippen molar-refractivity contribution in [1.29, 1.82) is 0 Å². The largest absolute Gasteiger partial charge is 0.419 e. The number of hydrogen-bond acceptors (Lipinski definition) is 3. The van der Waals surface area contributed by atoms with E-state index >= 15 is 0 Å². The fourth-order valence-corrected chi connectivity index (χ4v) is 3.93. The second kappa shape index (κ2) is 6.25. The lowest BCUT2D eigenvalue weighted by atomic mass is 10.1. The first-order valence-corrected chi connectivity index (χ1v) is 9.79. The standard InChI is InChI=1S/C18H17ClF3N5O2/c19-14-13(16(28)27-6-5-25(11-3-4-11)17(29)24-27)23-15-12(18(20,21)22)7-10(8-26(14)15)9-1-2-9/h7-9,11H,1-6H2,(H,24,29). The minimum absolute atomic E-state index is 0.0629. The van der Waals surface area contributed by atoms with E-state index < -0.39 is 29.3 Å². The molecule has 1 aliphatic heterocycles. The molecule has 3 amide bonds. The van der Waals surface area contributed by atoms with Crippen molar-refractivity contribution in [3.63, 3.8) is 0 Å². The monoisotopic (exact) mass is 427 g/mol. The summed E-state index contributed by atoms with van der Waals surface area (Å²) in [4.78, 5) is 30.6. The molecule has 0 atom stereocenters. The zero-order chi connectivity index (χ0) is 20.5. The molecule has 2 aromatic rings. The van der Waals surface area contributed by atoms with Gasteiger partial charge in [0.2, 0.25) is 0 Å². The minimum atomic E-state index is -4.63. The lowest BCUT2D eigenvalue weighted by Crippen LogP contribution is -2.60. The Labute approximate surface area is 168 Å². The summed E-state index contributed by atoms with van der Waals surface area (Å²) >= 11 is 6.28. The molecule has 0 spiro atoms. The molecule has 0 bridgehead atoms. The zero-order valence-corrected chi connectivity index (χ0v) is 15.9. The lowest BCUT2D eigenvalue weighted by Gasteiger charge is -2.34. The summed E-state index contributed by atoms with van der Waals surface area (Å²) in [6.07, 6.45) is 0.381. The van der Waals surface area contributed by atoms with Gasteiger partial charge in [-0.15, -0.1) is 0 Å². The molecule has 1 saturated heterocycles. The zero-order valence-electron chi connectivity index (χ0n) is 15.2. The summed E-state index contributed by atoms with van der Waals surface area (Å²) in [7, 11) is 0. The van der Waals surface area contributed by atoms with E-state index in [-0.39, 0.29) is 29.4 Å². The smallest absolute Gasteiger partial charge is 0.319 e. The third kappa shape index (κ3) is 3.19. The maximum absolute atomic E-state index is 13.6. The normalized spacial score (nSPS) is 20.3. The van der Waals surface area contributed by atoms with Crippen LogP contribution in [0.1, 0.15) is 53.2 Å². The van der Waals surface area contributed by atoms with Crippen LogP contribution in [0.2, 0.25) is 5.15 Å². The van der Waals surface area contributed by atoms with Crippen molar-refractivity contribution in [2.45, 2.75) is 43.8 Å². The van der Waals surface area contributed by atoms with Gasteiger partial charge < -0.3 is 4.90 Å². The second-order valence-electron chi connectivity index (χ2n) is 7.70. The van der Waals surface area contributed by atoms with E-state index in [1.165, 1.54) is 6.20 Å². The van der Waals surface area contributed by atoms with Crippen molar-refractivity contribution >= 4 is 29.2 Å². The second-order valence-corrected chi connectivity index (χ2v) is 8.06. The molecule has 0 radical (unpaired) electrons. The molecule has 3 fully saturated rings. The van der Waals surface area contributed by atoms with Crippen molar-refractivity contribution in [1.82, 2.24) is 24.7 Å². The molecule has 29 heavy (non-hydrogen) atoms. The topological polar surface area (TPSA) is 70.0 Å². The average molecular weight is 428 g/mol. The number of hydrogen-bond donors (Lipinski definition) is 1. The quantitative estimate of drug-likeness (QED) is 0.816. The SMILES string of the molecule is O=C(c1nc2c(C(F)(F)F)cc(C3CC3)cn2c1Cl)N1CCN(C2CC2)C(=O)N1. The highest BCUT2D eigenvalue weighted by molar-refractivity contribution is 6.33. The molecule has 2 aliphatic carbocycles. The van der Waals surface area contributed by atoms with Gasteiger partial charge in [-0.1, -0.05) is 11.6 Å². The number of fused-ring (bicyclic) bond motifs is 1. The van der Waals surface area contributed by atoms with Crippen LogP contribution in [0.15, 0.2) is 12.3 Å². The van der Waals surface area contributed by atoms with E-state index in [0.717, 1.165) is 41.2 Å². The van der Waals surface area contributed by atoms with Gasteiger partial charge in [-0.3, -0.25) is 9.20 Å². The number of nitrogens with zero attached hydrogens (tertiary/aromatic N) is 4. The molecule has 0 aromatic carbocycles. The van der Waals surface area contributed by atoms with Gasteiger partial charge in [-0.25, -0.2) is 20.2 Å². The number of rotatable bonds is 3. The Morgan fingerprint density at radius 3 is 2.52 bits per heavy atom. The van der Waals surface area contributed by atoms with E-state index in [1.807, 2.05) is 0 Å². The van der Waals surface area contributed by atoms with Gasteiger partial charge in [0.05, 0.1) is 12.1 Å². The Morgan fingerprint density at radius 1 is 1.21 bits per heavy atom. The van der Waals surface area contributed by atoms with Crippen LogP contribution in [-0.4, -0.2) is 50.4 Å². The first kappa shape index (κ1) is 18.5. The van der Waals surface area contributed by atoms with Crippen LogP contribution in [-0.2, 0) is 6.18 Å². The number of carbonyl (C=O) groups is 2. The van der Waals surface area contributed by atoms with E-state index in [1.54, 1.807) is 4.90 Å². The van der Waals surface area contributed by atoms with Crippen molar-refractivity contribution < 1.29 is 22.8 Å². The van der Waals surface area contributed by atoms with Gasteiger partial charge >= 0.3 is 12.2 Å². The highest BCUT2D eigenvalue weighted by Gasteiger charge is 2.40. The maximum atomic E-state index is 13.6. The molecular weight excluding hydrogens is 411 g/mol.